The van der Waals surface area contributed by atoms with Crippen molar-refractivity contribution in [2.45, 2.75) is 6.92 Å². The zero-order valence-electron chi connectivity index (χ0n) is 11.8. The average molecular weight is 273 g/mol. The highest BCUT2D eigenvalue weighted by Gasteiger charge is 2.19. The summed E-state index contributed by atoms with van der Waals surface area (Å²) in [5.41, 5.74) is 0.999. The van der Waals surface area contributed by atoms with E-state index >= 15 is 0 Å². The second kappa shape index (κ2) is 5.53. The van der Waals surface area contributed by atoms with Crippen molar-refractivity contribution >= 4 is 0 Å². The van der Waals surface area contributed by atoms with E-state index in [0.29, 0.717) is 34.4 Å². The predicted molar refractivity (Wildman–Crippen MR) is 72.3 cm³/mol. The Morgan fingerprint density at radius 3 is 2.30 bits per heavy atom. The number of benzene rings is 1. The maximum Gasteiger partial charge on any atom is 0.236 e. The molecule has 0 atom stereocenters. The SMILES string of the molecule is COc1cccc(OC)c1Oc1c(C#N)c(C)nn1C. The predicted octanol–water partition coefficient (Wildman–Crippen LogP) is 2.41. The molecule has 0 aliphatic carbocycles. The first-order valence-electron chi connectivity index (χ1n) is 5.95. The van der Waals surface area contributed by atoms with E-state index in [-0.39, 0.29) is 0 Å². The molecule has 0 radical (unpaired) electrons. The molecule has 0 bridgehead atoms. The molecule has 0 aliphatic heterocycles. The number of aromatic nitrogens is 2. The Balaban J connectivity index is 2.53. The number of para-hydroxylation sites is 1. The Labute approximate surface area is 117 Å². The molecule has 0 aliphatic rings. The summed E-state index contributed by atoms with van der Waals surface area (Å²) in [5, 5.41) is 13.4. The Hall–Kier alpha value is -2.68. The van der Waals surface area contributed by atoms with Gasteiger partial charge in [0.15, 0.2) is 11.5 Å². The van der Waals surface area contributed by atoms with Gasteiger partial charge in [-0.05, 0) is 19.1 Å². The van der Waals surface area contributed by atoms with Crippen LogP contribution in [-0.2, 0) is 7.05 Å². The van der Waals surface area contributed by atoms with Crippen molar-refractivity contribution in [1.82, 2.24) is 9.78 Å². The fraction of sp³-hybridized carbons (Fsp3) is 0.286. The molecule has 0 fully saturated rings. The highest BCUT2D eigenvalue weighted by Crippen LogP contribution is 2.40. The van der Waals surface area contributed by atoms with E-state index in [2.05, 4.69) is 11.2 Å². The number of rotatable bonds is 4. The number of ether oxygens (including phenoxy) is 3. The minimum atomic E-state index is 0.354. The van der Waals surface area contributed by atoms with Gasteiger partial charge in [-0.25, -0.2) is 4.68 Å². The zero-order chi connectivity index (χ0) is 14.7. The molecule has 0 spiro atoms. The van der Waals surface area contributed by atoms with Gasteiger partial charge in [0, 0.05) is 7.05 Å². The van der Waals surface area contributed by atoms with Crippen molar-refractivity contribution in [2.24, 2.45) is 7.05 Å². The van der Waals surface area contributed by atoms with Crippen LogP contribution in [0.1, 0.15) is 11.3 Å². The van der Waals surface area contributed by atoms with Gasteiger partial charge in [-0.2, -0.15) is 10.4 Å². The summed E-state index contributed by atoms with van der Waals surface area (Å²) in [6, 6.07) is 7.40. The lowest BCUT2D eigenvalue weighted by atomic mass is 10.2. The zero-order valence-corrected chi connectivity index (χ0v) is 11.8. The monoisotopic (exact) mass is 273 g/mol. The summed E-state index contributed by atoms with van der Waals surface area (Å²) in [4.78, 5) is 0. The Morgan fingerprint density at radius 1 is 1.20 bits per heavy atom. The van der Waals surface area contributed by atoms with Crippen LogP contribution < -0.4 is 14.2 Å². The molecule has 0 unspecified atom stereocenters. The Morgan fingerprint density at radius 2 is 1.80 bits per heavy atom. The van der Waals surface area contributed by atoms with Crippen LogP contribution in [0, 0.1) is 18.3 Å². The first-order chi connectivity index (χ1) is 9.62. The van der Waals surface area contributed by atoms with E-state index in [1.54, 1.807) is 46.4 Å². The quantitative estimate of drug-likeness (QED) is 0.855. The van der Waals surface area contributed by atoms with Gasteiger partial charge in [0.1, 0.15) is 11.6 Å². The van der Waals surface area contributed by atoms with Crippen LogP contribution in [0.4, 0.5) is 0 Å². The van der Waals surface area contributed by atoms with Crippen LogP contribution in [-0.4, -0.2) is 24.0 Å². The molecule has 6 heteroatoms. The first kappa shape index (κ1) is 13.7. The summed E-state index contributed by atoms with van der Waals surface area (Å²) in [5.74, 6) is 1.81. The summed E-state index contributed by atoms with van der Waals surface area (Å²) in [6.07, 6.45) is 0. The fourth-order valence-electron chi connectivity index (χ4n) is 1.90. The lowest BCUT2D eigenvalue weighted by molar-refractivity contribution is 0.334. The average Bonchev–Trinajstić information content (AvgIpc) is 2.72. The van der Waals surface area contributed by atoms with Crippen molar-refractivity contribution in [3.05, 3.63) is 29.5 Å². The lowest BCUT2D eigenvalue weighted by Gasteiger charge is -2.13. The summed E-state index contributed by atoms with van der Waals surface area (Å²) < 4.78 is 17.9. The lowest BCUT2D eigenvalue weighted by Crippen LogP contribution is -1.99. The third kappa shape index (κ3) is 2.26. The number of nitrogens with zero attached hydrogens (tertiary/aromatic N) is 3. The topological polar surface area (TPSA) is 69.3 Å². The summed E-state index contributed by atoms with van der Waals surface area (Å²) in [7, 11) is 4.80. The van der Waals surface area contributed by atoms with E-state index < -0.39 is 0 Å². The summed E-state index contributed by atoms with van der Waals surface area (Å²) in [6.45, 7) is 1.75. The third-order valence-corrected chi connectivity index (χ3v) is 2.86. The molecule has 0 N–H and O–H groups in total. The van der Waals surface area contributed by atoms with Gasteiger partial charge in [-0.1, -0.05) is 6.07 Å². The molecule has 2 rings (SSSR count). The van der Waals surface area contributed by atoms with Crippen LogP contribution in [0.2, 0.25) is 0 Å². The van der Waals surface area contributed by atoms with Crippen LogP contribution in [0.3, 0.4) is 0 Å². The maximum absolute atomic E-state index is 9.20. The minimum Gasteiger partial charge on any atom is -0.493 e. The van der Waals surface area contributed by atoms with Gasteiger partial charge >= 0.3 is 0 Å². The molecule has 1 aromatic heterocycles. The smallest absolute Gasteiger partial charge is 0.236 e. The van der Waals surface area contributed by atoms with Gasteiger partial charge in [-0.15, -0.1) is 0 Å². The maximum atomic E-state index is 9.20. The number of aryl methyl sites for hydroxylation is 2. The number of hydrogen-bond donors (Lipinski definition) is 0. The fourth-order valence-corrected chi connectivity index (χ4v) is 1.90. The normalized spacial score (nSPS) is 9.95. The van der Waals surface area contributed by atoms with Crippen molar-refractivity contribution in [3.8, 4) is 29.2 Å². The van der Waals surface area contributed by atoms with E-state index in [9.17, 15) is 5.26 Å². The van der Waals surface area contributed by atoms with Gasteiger partial charge in [0.2, 0.25) is 11.6 Å². The molecule has 1 heterocycles. The highest BCUT2D eigenvalue weighted by atomic mass is 16.5. The van der Waals surface area contributed by atoms with Crippen LogP contribution >= 0.6 is 0 Å². The van der Waals surface area contributed by atoms with Crippen LogP contribution in [0.25, 0.3) is 0 Å². The van der Waals surface area contributed by atoms with Crippen molar-refractivity contribution in [3.63, 3.8) is 0 Å². The first-order valence-corrected chi connectivity index (χ1v) is 5.95. The number of methoxy groups -OCH3 is 2. The molecular weight excluding hydrogens is 258 g/mol. The van der Waals surface area contributed by atoms with Crippen molar-refractivity contribution in [2.75, 3.05) is 14.2 Å². The van der Waals surface area contributed by atoms with Crippen LogP contribution in [0.15, 0.2) is 18.2 Å². The Kier molecular flexibility index (Phi) is 3.80. The molecular formula is C14H15N3O3. The number of nitriles is 1. The molecule has 2 aromatic rings. The van der Waals surface area contributed by atoms with E-state index in [1.165, 1.54) is 4.68 Å². The third-order valence-electron chi connectivity index (χ3n) is 2.86. The van der Waals surface area contributed by atoms with Gasteiger partial charge in [0.05, 0.1) is 19.9 Å². The molecule has 0 saturated heterocycles. The van der Waals surface area contributed by atoms with E-state index in [4.69, 9.17) is 14.2 Å². The summed E-state index contributed by atoms with van der Waals surface area (Å²) >= 11 is 0. The second-order valence-electron chi connectivity index (χ2n) is 4.09. The molecule has 20 heavy (non-hydrogen) atoms. The molecule has 0 saturated carbocycles. The van der Waals surface area contributed by atoms with E-state index in [1.807, 2.05) is 0 Å². The van der Waals surface area contributed by atoms with E-state index in [0.717, 1.165) is 0 Å². The largest absolute Gasteiger partial charge is 0.493 e. The molecule has 0 amide bonds. The van der Waals surface area contributed by atoms with Gasteiger partial charge in [-0.3, -0.25) is 0 Å². The van der Waals surface area contributed by atoms with Gasteiger partial charge < -0.3 is 14.2 Å². The standard InChI is InChI=1S/C14H15N3O3/c1-9-10(8-15)14(17(2)16-9)20-13-11(18-3)6-5-7-12(13)19-4/h5-7H,1-4H3. The number of hydrogen-bond acceptors (Lipinski definition) is 5. The van der Waals surface area contributed by atoms with Crippen LogP contribution in [0.5, 0.6) is 23.1 Å². The van der Waals surface area contributed by atoms with Crippen molar-refractivity contribution in [1.29, 1.82) is 5.26 Å². The Bertz CT molecular complexity index is 649. The second-order valence-corrected chi connectivity index (χ2v) is 4.09. The molecule has 6 nitrogen and oxygen atoms in total. The highest BCUT2D eigenvalue weighted by molar-refractivity contribution is 5.54. The molecule has 1 aromatic carbocycles. The van der Waals surface area contributed by atoms with Crippen molar-refractivity contribution < 1.29 is 14.2 Å². The minimum absolute atomic E-state index is 0.354. The van der Waals surface area contributed by atoms with Gasteiger partial charge in [0.25, 0.3) is 0 Å². The molecule has 104 valence electrons.